The van der Waals surface area contributed by atoms with Crippen molar-refractivity contribution in [3.05, 3.63) is 23.7 Å². The first-order chi connectivity index (χ1) is 13.7. The van der Waals surface area contributed by atoms with Crippen molar-refractivity contribution in [3.63, 3.8) is 0 Å². The van der Waals surface area contributed by atoms with E-state index in [1.165, 1.54) is 6.21 Å². The minimum absolute atomic E-state index is 0.0712. The third-order valence-electron chi connectivity index (χ3n) is 6.05. The van der Waals surface area contributed by atoms with E-state index in [1.54, 1.807) is 0 Å². The number of nitrogens with one attached hydrogen (secondary N) is 4. The summed E-state index contributed by atoms with van der Waals surface area (Å²) in [5.41, 5.74) is 2.34. The predicted molar refractivity (Wildman–Crippen MR) is 106 cm³/mol. The van der Waals surface area contributed by atoms with Crippen LogP contribution in [0.3, 0.4) is 0 Å². The average Bonchev–Trinajstić information content (AvgIpc) is 3.60. The number of hydrogen-bond donors (Lipinski definition) is 5. The highest BCUT2D eigenvalue weighted by atomic mass is 16.5. The number of ether oxygens (including phenoxy) is 1. The number of nitrogens with zero attached hydrogens (tertiary/aromatic N) is 2. The zero-order chi connectivity index (χ0) is 19.3. The van der Waals surface area contributed by atoms with Crippen LogP contribution in [0, 0.1) is 23.2 Å². The summed E-state index contributed by atoms with van der Waals surface area (Å²) in [5, 5.41) is 26.0. The second kappa shape index (κ2) is 6.77. The number of aliphatic hydroxyl groups excluding tert-OH is 1. The van der Waals surface area contributed by atoms with E-state index in [0.717, 1.165) is 36.8 Å². The summed E-state index contributed by atoms with van der Waals surface area (Å²) in [4.78, 5) is 12.1. The van der Waals surface area contributed by atoms with E-state index in [1.807, 2.05) is 19.2 Å². The molecule has 3 aliphatic carbocycles. The Morgan fingerprint density at radius 3 is 2.93 bits per heavy atom. The molecule has 2 aromatic rings. The quantitative estimate of drug-likeness (QED) is 0.447. The molecule has 0 aliphatic heterocycles. The van der Waals surface area contributed by atoms with Crippen LogP contribution in [0.2, 0.25) is 0 Å². The third-order valence-corrected chi connectivity index (χ3v) is 6.05. The van der Waals surface area contributed by atoms with Crippen molar-refractivity contribution >= 4 is 23.2 Å². The molecule has 4 atom stereocenters. The molecule has 2 aromatic heterocycles. The molecule has 8 heteroatoms. The number of fused-ring (bicyclic) bond motifs is 2. The SMILES string of the molecule is CCOc1nc(N/C(C=N)=C(/NC2CC3CC3C2O)C2CC2)nc2[nH]ccc12. The van der Waals surface area contributed by atoms with Gasteiger partial charge in [-0.15, -0.1) is 0 Å². The lowest BCUT2D eigenvalue weighted by Gasteiger charge is -2.24. The highest BCUT2D eigenvalue weighted by Gasteiger charge is 2.53. The lowest BCUT2D eigenvalue weighted by atomic mass is 10.1. The Morgan fingerprint density at radius 2 is 2.25 bits per heavy atom. The van der Waals surface area contributed by atoms with Gasteiger partial charge in [0.1, 0.15) is 5.65 Å². The van der Waals surface area contributed by atoms with E-state index in [0.29, 0.717) is 47.5 Å². The van der Waals surface area contributed by atoms with Gasteiger partial charge in [0.25, 0.3) is 0 Å². The van der Waals surface area contributed by atoms with Crippen molar-refractivity contribution in [1.29, 1.82) is 5.41 Å². The minimum atomic E-state index is -0.290. The fourth-order valence-electron chi connectivity index (χ4n) is 4.37. The van der Waals surface area contributed by atoms with Gasteiger partial charge in [0.2, 0.25) is 11.8 Å². The topological polar surface area (TPSA) is 119 Å². The number of rotatable bonds is 8. The summed E-state index contributed by atoms with van der Waals surface area (Å²) in [6, 6.07) is 1.96. The van der Waals surface area contributed by atoms with E-state index in [-0.39, 0.29) is 12.1 Å². The number of anilines is 1. The molecule has 0 bridgehead atoms. The summed E-state index contributed by atoms with van der Waals surface area (Å²) in [6.07, 6.45) is 7.18. The monoisotopic (exact) mass is 382 g/mol. The van der Waals surface area contributed by atoms with E-state index in [9.17, 15) is 5.11 Å². The number of aromatic nitrogens is 3. The summed E-state index contributed by atoms with van der Waals surface area (Å²) >= 11 is 0. The normalized spacial score (nSPS) is 29.2. The summed E-state index contributed by atoms with van der Waals surface area (Å²) in [5.74, 6) is 2.44. The number of aliphatic hydroxyl groups is 1. The Bertz CT molecular complexity index is 934. The van der Waals surface area contributed by atoms with E-state index in [2.05, 4.69) is 25.6 Å². The van der Waals surface area contributed by atoms with Gasteiger partial charge in [0, 0.05) is 24.0 Å². The fraction of sp³-hybridized carbons (Fsp3) is 0.550. The zero-order valence-corrected chi connectivity index (χ0v) is 15.9. The van der Waals surface area contributed by atoms with Crippen molar-refractivity contribution < 1.29 is 9.84 Å². The molecule has 3 aliphatic rings. The third kappa shape index (κ3) is 3.11. The van der Waals surface area contributed by atoms with E-state index < -0.39 is 0 Å². The summed E-state index contributed by atoms with van der Waals surface area (Å²) in [6.45, 7) is 2.43. The Morgan fingerprint density at radius 1 is 1.39 bits per heavy atom. The second-order valence-corrected chi connectivity index (χ2v) is 8.03. The van der Waals surface area contributed by atoms with Crippen LogP contribution < -0.4 is 15.4 Å². The Kier molecular flexibility index (Phi) is 4.23. The largest absolute Gasteiger partial charge is 0.477 e. The number of allylic oxidation sites excluding steroid dienone is 2. The molecule has 5 rings (SSSR count). The van der Waals surface area contributed by atoms with Crippen LogP contribution in [0.15, 0.2) is 23.7 Å². The molecule has 8 nitrogen and oxygen atoms in total. The molecule has 3 fully saturated rings. The fourth-order valence-corrected chi connectivity index (χ4v) is 4.37. The first kappa shape index (κ1) is 17.5. The first-order valence-electron chi connectivity index (χ1n) is 10.1. The zero-order valence-electron chi connectivity index (χ0n) is 15.9. The molecule has 148 valence electrons. The van der Waals surface area contributed by atoms with Crippen molar-refractivity contribution in [1.82, 2.24) is 20.3 Å². The molecule has 28 heavy (non-hydrogen) atoms. The van der Waals surface area contributed by atoms with Gasteiger partial charge < -0.3 is 30.9 Å². The molecule has 2 heterocycles. The second-order valence-electron chi connectivity index (χ2n) is 8.03. The average molecular weight is 382 g/mol. The van der Waals surface area contributed by atoms with Crippen LogP contribution in [-0.2, 0) is 0 Å². The van der Waals surface area contributed by atoms with Crippen LogP contribution in [0.5, 0.6) is 5.88 Å². The van der Waals surface area contributed by atoms with Gasteiger partial charge in [-0.2, -0.15) is 9.97 Å². The molecular formula is C20H26N6O2. The lowest BCUT2D eigenvalue weighted by molar-refractivity contribution is 0.129. The van der Waals surface area contributed by atoms with E-state index in [4.69, 9.17) is 10.1 Å². The molecular weight excluding hydrogens is 356 g/mol. The van der Waals surface area contributed by atoms with Crippen molar-refractivity contribution in [3.8, 4) is 5.88 Å². The van der Waals surface area contributed by atoms with Gasteiger partial charge in [0.05, 0.1) is 29.8 Å². The summed E-state index contributed by atoms with van der Waals surface area (Å²) < 4.78 is 5.66. The Hall–Kier alpha value is -2.61. The number of H-pyrrole nitrogens is 1. The molecule has 0 radical (unpaired) electrons. The molecule has 0 aromatic carbocycles. The van der Waals surface area contributed by atoms with Gasteiger partial charge >= 0.3 is 0 Å². The Balaban J connectivity index is 1.43. The minimum Gasteiger partial charge on any atom is -0.477 e. The number of hydrogen-bond acceptors (Lipinski definition) is 7. The van der Waals surface area contributed by atoms with Crippen LogP contribution >= 0.6 is 0 Å². The summed E-state index contributed by atoms with van der Waals surface area (Å²) in [7, 11) is 0. The number of aromatic amines is 1. The van der Waals surface area contributed by atoms with Gasteiger partial charge in [-0.05, 0) is 50.5 Å². The molecule has 5 N–H and O–H groups in total. The van der Waals surface area contributed by atoms with Crippen LogP contribution in [0.1, 0.15) is 32.6 Å². The van der Waals surface area contributed by atoms with Gasteiger partial charge in [-0.25, -0.2) is 0 Å². The maximum absolute atomic E-state index is 10.5. The van der Waals surface area contributed by atoms with Gasteiger partial charge in [-0.3, -0.25) is 0 Å². The maximum atomic E-state index is 10.5. The highest BCUT2D eigenvalue weighted by Crippen LogP contribution is 2.52. The molecule has 4 unspecified atom stereocenters. The van der Waals surface area contributed by atoms with Gasteiger partial charge in [0.15, 0.2) is 0 Å². The Labute approximate surface area is 163 Å². The van der Waals surface area contributed by atoms with Crippen LogP contribution in [0.25, 0.3) is 11.0 Å². The van der Waals surface area contributed by atoms with E-state index >= 15 is 0 Å². The first-order valence-corrected chi connectivity index (χ1v) is 10.1. The van der Waals surface area contributed by atoms with Crippen molar-refractivity contribution in [2.75, 3.05) is 11.9 Å². The van der Waals surface area contributed by atoms with Crippen molar-refractivity contribution in [2.24, 2.45) is 17.8 Å². The standard InChI is InChI=1S/C20H26N6O2/c1-2-28-19-12-5-6-22-18(12)25-20(26-19)24-15(9-21)16(10-3-4-10)23-14-8-11-7-13(11)17(14)27/h5-6,9-11,13-14,17,21,23,27H,2-4,7-8H2,1H3,(H2,22,24,25,26)/b16-15+,21-9?. The molecule has 0 spiro atoms. The van der Waals surface area contributed by atoms with Crippen molar-refractivity contribution in [2.45, 2.75) is 44.8 Å². The van der Waals surface area contributed by atoms with Crippen LogP contribution in [-0.4, -0.2) is 45.0 Å². The smallest absolute Gasteiger partial charge is 0.232 e. The van der Waals surface area contributed by atoms with Gasteiger partial charge in [-0.1, -0.05) is 0 Å². The molecule has 0 amide bonds. The lowest BCUT2D eigenvalue weighted by Crippen LogP contribution is -2.39. The molecule has 3 saturated carbocycles. The predicted octanol–water partition coefficient (Wildman–Crippen LogP) is 2.40. The van der Waals surface area contributed by atoms with Crippen LogP contribution in [0.4, 0.5) is 5.95 Å². The maximum Gasteiger partial charge on any atom is 0.232 e. The highest BCUT2D eigenvalue weighted by molar-refractivity contribution is 5.84. The molecule has 0 saturated heterocycles.